The van der Waals surface area contributed by atoms with Crippen LogP contribution in [-0.2, 0) is 14.6 Å². The lowest BCUT2D eigenvalue weighted by Gasteiger charge is -2.16. The first-order valence-corrected chi connectivity index (χ1v) is 11.3. The molecule has 1 atom stereocenters. The number of ether oxygens (including phenoxy) is 2. The highest BCUT2D eigenvalue weighted by atomic mass is 32.2. The highest BCUT2D eigenvalue weighted by molar-refractivity contribution is 7.90. The molecule has 0 fully saturated rings. The van der Waals surface area contributed by atoms with Gasteiger partial charge in [-0.3, -0.25) is 4.99 Å². The minimum Gasteiger partial charge on any atom is -0.490 e. The molecule has 0 saturated heterocycles. The van der Waals surface area contributed by atoms with Crippen LogP contribution in [0, 0.1) is 0 Å². The van der Waals surface area contributed by atoms with Crippen LogP contribution in [0.25, 0.3) is 11.0 Å². The molecule has 0 bridgehead atoms. The van der Waals surface area contributed by atoms with E-state index in [2.05, 4.69) is 15.6 Å². The highest BCUT2D eigenvalue weighted by Crippen LogP contribution is 2.31. The summed E-state index contributed by atoms with van der Waals surface area (Å²) in [7, 11) is -1.32. The number of nitrogens with zero attached hydrogens (tertiary/aromatic N) is 1. The second-order valence-electron chi connectivity index (χ2n) is 6.36. The van der Waals surface area contributed by atoms with E-state index in [1.807, 2.05) is 38.1 Å². The summed E-state index contributed by atoms with van der Waals surface area (Å²) < 4.78 is 39.0. The van der Waals surface area contributed by atoms with Crippen molar-refractivity contribution in [2.45, 2.75) is 19.9 Å². The smallest absolute Gasteiger partial charge is 0.191 e. The number of para-hydroxylation sites is 1. The second-order valence-corrected chi connectivity index (χ2v) is 8.62. The molecule has 2 aromatic rings. The van der Waals surface area contributed by atoms with Crippen LogP contribution in [0.4, 0.5) is 0 Å². The Kier molecular flexibility index (Phi) is 8.13. The Morgan fingerprint density at radius 1 is 1.32 bits per heavy atom. The number of sulfone groups is 1. The molecule has 0 saturated carbocycles. The molecule has 0 spiro atoms. The summed E-state index contributed by atoms with van der Waals surface area (Å²) in [4.78, 5) is 4.19. The fourth-order valence-electron chi connectivity index (χ4n) is 2.56. The van der Waals surface area contributed by atoms with Gasteiger partial charge in [-0.25, -0.2) is 8.42 Å². The van der Waals surface area contributed by atoms with Gasteiger partial charge in [-0.2, -0.15) is 0 Å². The van der Waals surface area contributed by atoms with Crippen molar-refractivity contribution in [3.63, 3.8) is 0 Å². The monoisotopic (exact) mass is 411 g/mol. The lowest BCUT2D eigenvalue weighted by molar-refractivity contribution is 0.154. The van der Waals surface area contributed by atoms with Crippen molar-refractivity contribution in [2.75, 3.05) is 45.4 Å². The van der Waals surface area contributed by atoms with E-state index in [1.165, 1.54) is 6.26 Å². The van der Waals surface area contributed by atoms with Gasteiger partial charge in [-0.15, -0.1) is 0 Å². The fraction of sp³-hybridized carbons (Fsp3) is 0.526. The number of benzene rings is 1. The zero-order valence-corrected chi connectivity index (χ0v) is 17.6. The van der Waals surface area contributed by atoms with Gasteiger partial charge in [0.2, 0.25) is 0 Å². The number of fused-ring (bicyclic) bond motifs is 1. The van der Waals surface area contributed by atoms with Crippen molar-refractivity contribution in [3.8, 4) is 5.75 Å². The molecule has 28 heavy (non-hydrogen) atoms. The number of guanidine groups is 1. The Hall–Kier alpha value is -2.26. The summed E-state index contributed by atoms with van der Waals surface area (Å²) in [6.45, 7) is 5.56. The van der Waals surface area contributed by atoms with Crippen LogP contribution in [0.1, 0.15) is 25.6 Å². The molecule has 0 amide bonds. The first kappa shape index (κ1) is 22.0. The van der Waals surface area contributed by atoms with Crippen LogP contribution in [0.5, 0.6) is 5.75 Å². The van der Waals surface area contributed by atoms with Crippen LogP contribution in [0.3, 0.4) is 0 Å². The van der Waals surface area contributed by atoms with Crippen LogP contribution in [0.15, 0.2) is 33.7 Å². The van der Waals surface area contributed by atoms with Gasteiger partial charge >= 0.3 is 0 Å². The first-order chi connectivity index (χ1) is 13.3. The molecule has 1 aromatic heterocycles. The van der Waals surface area contributed by atoms with Gasteiger partial charge in [0.05, 0.1) is 31.6 Å². The van der Waals surface area contributed by atoms with Crippen molar-refractivity contribution in [1.29, 1.82) is 0 Å². The largest absolute Gasteiger partial charge is 0.490 e. The average molecular weight is 412 g/mol. The number of furan rings is 1. The van der Waals surface area contributed by atoms with Crippen LogP contribution >= 0.6 is 0 Å². The van der Waals surface area contributed by atoms with E-state index in [-0.39, 0.29) is 18.4 Å². The van der Waals surface area contributed by atoms with E-state index in [0.29, 0.717) is 25.7 Å². The SMILES string of the molecule is CCOc1cccc2cc(C(C)NC(=NC)NCCOCCS(C)(=O)=O)oc12. The summed E-state index contributed by atoms with van der Waals surface area (Å²) in [6, 6.07) is 7.69. The van der Waals surface area contributed by atoms with E-state index >= 15 is 0 Å². The zero-order valence-electron chi connectivity index (χ0n) is 16.8. The molecular weight excluding hydrogens is 382 g/mol. The van der Waals surface area contributed by atoms with Gasteiger partial charge < -0.3 is 24.5 Å². The van der Waals surface area contributed by atoms with Gasteiger partial charge in [-0.1, -0.05) is 12.1 Å². The van der Waals surface area contributed by atoms with Gasteiger partial charge in [0.1, 0.15) is 15.6 Å². The number of hydrogen-bond acceptors (Lipinski definition) is 6. The van der Waals surface area contributed by atoms with E-state index in [9.17, 15) is 8.42 Å². The Labute approximate surface area is 166 Å². The standard InChI is InChI=1S/C19H29N3O5S/c1-5-26-16-8-6-7-15-13-17(27-18(15)16)14(2)22-19(20-3)21-9-10-25-11-12-28(4,23)24/h6-8,13-14H,5,9-12H2,1-4H3,(H2,20,21,22). The highest BCUT2D eigenvalue weighted by Gasteiger charge is 2.15. The maximum Gasteiger partial charge on any atom is 0.191 e. The van der Waals surface area contributed by atoms with Crippen molar-refractivity contribution in [1.82, 2.24) is 10.6 Å². The second kappa shape index (κ2) is 10.3. The quantitative estimate of drug-likeness (QED) is 0.351. The minimum absolute atomic E-state index is 0.0206. The molecule has 2 rings (SSSR count). The summed E-state index contributed by atoms with van der Waals surface area (Å²) in [6.07, 6.45) is 1.19. The van der Waals surface area contributed by atoms with E-state index in [4.69, 9.17) is 13.9 Å². The molecule has 156 valence electrons. The summed E-state index contributed by atoms with van der Waals surface area (Å²) in [5.74, 6) is 2.12. The summed E-state index contributed by atoms with van der Waals surface area (Å²) >= 11 is 0. The third-order valence-corrected chi connectivity index (χ3v) is 4.88. The van der Waals surface area contributed by atoms with Crippen molar-refractivity contribution in [3.05, 3.63) is 30.0 Å². The van der Waals surface area contributed by atoms with Gasteiger partial charge in [0.15, 0.2) is 17.3 Å². The van der Waals surface area contributed by atoms with E-state index in [1.54, 1.807) is 7.05 Å². The Morgan fingerprint density at radius 2 is 2.11 bits per heavy atom. The Morgan fingerprint density at radius 3 is 2.79 bits per heavy atom. The topological polar surface area (TPSA) is 102 Å². The van der Waals surface area contributed by atoms with Crippen LogP contribution in [-0.4, -0.2) is 59.8 Å². The fourth-order valence-corrected chi connectivity index (χ4v) is 2.98. The van der Waals surface area contributed by atoms with Gasteiger partial charge in [0.25, 0.3) is 0 Å². The molecule has 1 heterocycles. The zero-order chi connectivity index (χ0) is 20.6. The predicted molar refractivity (Wildman–Crippen MR) is 111 cm³/mol. The van der Waals surface area contributed by atoms with Crippen molar-refractivity contribution >= 4 is 26.8 Å². The molecule has 2 N–H and O–H groups in total. The molecule has 8 nitrogen and oxygen atoms in total. The molecule has 9 heteroatoms. The number of aliphatic imine (C=N–C) groups is 1. The third kappa shape index (κ3) is 6.72. The number of nitrogens with one attached hydrogen (secondary N) is 2. The number of hydrogen-bond donors (Lipinski definition) is 2. The molecule has 1 aromatic carbocycles. The molecule has 0 aliphatic carbocycles. The van der Waals surface area contributed by atoms with E-state index in [0.717, 1.165) is 22.5 Å². The first-order valence-electron chi connectivity index (χ1n) is 9.22. The summed E-state index contributed by atoms with van der Waals surface area (Å²) in [5, 5.41) is 7.38. The minimum atomic E-state index is -3.00. The van der Waals surface area contributed by atoms with Gasteiger partial charge in [0, 0.05) is 25.2 Å². The molecule has 0 radical (unpaired) electrons. The van der Waals surface area contributed by atoms with Gasteiger partial charge in [-0.05, 0) is 26.0 Å². The van der Waals surface area contributed by atoms with Crippen LogP contribution in [0.2, 0.25) is 0 Å². The Bertz CT molecular complexity index is 892. The van der Waals surface area contributed by atoms with Crippen molar-refractivity contribution in [2.24, 2.45) is 4.99 Å². The lowest BCUT2D eigenvalue weighted by atomic mass is 10.2. The molecule has 1 unspecified atom stereocenters. The Balaban J connectivity index is 1.87. The van der Waals surface area contributed by atoms with Crippen molar-refractivity contribution < 1.29 is 22.3 Å². The molecule has 0 aliphatic heterocycles. The number of rotatable bonds is 10. The third-order valence-electron chi connectivity index (χ3n) is 3.97. The van der Waals surface area contributed by atoms with E-state index < -0.39 is 9.84 Å². The average Bonchev–Trinajstić information content (AvgIpc) is 3.08. The normalized spacial score (nSPS) is 13.5. The predicted octanol–water partition coefficient (Wildman–Crippen LogP) is 2.12. The summed E-state index contributed by atoms with van der Waals surface area (Å²) in [5.41, 5.74) is 0.732. The van der Waals surface area contributed by atoms with Crippen LogP contribution < -0.4 is 15.4 Å². The molecule has 0 aliphatic rings. The molecular formula is C19H29N3O5S. The maximum absolute atomic E-state index is 11.1. The maximum atomic E-state index is 11.1. The lowest BCUT2D eigenvalue weighted by Crippen LogP contribution is -2.40.